The fourth-order valence-electron chi connectivity index (χ4n) is 4.01. The van der Waals surface area contributed by atoms with E-state index >= 15 is 0 Å². The lowest BCUT2D eigenvalue weighted by molar-refractivity contribution is 0.0932. The van der Waals surface area contributed by atoms with Crippen molar-refractivity contribution in [3.63, 3.8) is 0 Å². The van der Waals surface area contributed by atoms with E-state index in [2.05, 4.69) is 5.32 Å². The van der Waals surface area contributed by atoms with Crippen molar-refractivity contribution in [3.05, 3.63) is 59.5 Å². The second-order valence-corrected chi connectivity index (χ2v) is 10.6. The molecule has 1 amide bonds. The predicted molar refractivity (Wildman–Crippen MR) is 123 cm³/mol. The van der Waals surface area contributed by atoms with Crippen molar-refractivity contribution in [1.82, 2.24) is 5.32 Å². The van der Waals surface area contributed by atoms with E-state index in [-0.39, 0.29) is 16.8 Å². The summed E-state index contributed by atoms with van der Waals surface area (Å²) in [5, 5.41) is 4.04. The van der Waals surface area contributed by atoms with Gasteiger partial charge >= 0.3 is 0 Å². The molecule has 1 saturated carbocycles. The molecular formula is C23H26N2O3S2. The van der Waals surface area contributed by atoms with Gasteiger partial charge in [0.1, 0.15) is 0 Å². The van der Waals surface area contributed by atoms with Crippen molar-refractivity contribution in [1.29, 1.82) is 0 Å². The molecule has 0 spiro atoms. The number of carbonyl (C=O) groups is 1. The third-order valence-corrected chi connectivity index (χ3v) is 8.60. The van der Waals surface area contributed by atoms with E-state index in [9.17, 15) is 13.2 Å². The average Bonchev–Trinajstić information content (AvgIpc) is 3.19. The normalized spacial score (nSPS) is 15.2. The highest BCUT2D eigenvalue weighted by Crippen LogP contribution is 2.32. The van der Waals surface area contributed by atoms with Crippen LogP contribution < -0.4 is 9.62 Å². The molecule has 0 bridgehead atoms. The molecule has 1 aromatic heterocycles. The number of fused-ring (bicyclic) bond motifs is 1. The van der Waals surface area contributed by atoms with Gasteiger partial charge in [0.15, 0.2) is 0 Å². The molecule has 1 aliphatic rings. The van der Waals surface area contributed by atoms with Crippen molar-refractivity contribution in [2.75, 3.05) is 10.8 Å². The Morgan fingerprint density at radius 2 is 1.80 bits per heavy atom. The average molecular weight is 443 g/mol. The molecule has 0 saturated heterocycles. The van der Waals surface area contributed by atoms with Gasteiger partial charge in [-0.15, -0.1) is 11.3 Å². The molecule has 2 aromatic carbocycles. The predicted octanol–water partition coefficient (Wildman–Crippen LogP) is 5.18. The van der Waals surface area contributed by atoms with Crippen molar-refractivity contribution < 1.29 is 13.2 Å². The molecule has 30 heavy (non-hydrogen) atoms. The summed E-state index contributed by atoms with van der Waals surface area (Å²) in [6.45, 7) is 2.14. The van der Waals surface area contributed by atoms with Gasteiger partial charge in [0.2, 0.25) is 0 Å². The van der Waals surface area contributed by atoms with E-state index < -0.39 is 10.0 Å². The van der Waals surface area contributed by atoms with Crippen LogP contribution in [-0.2, 0) is 10.0 Å². The molecule has 1 heterocycles. The summed E-state index contributed by atoms with van der Waals surface area (Å²) >= 11 is 1.45. The third kappa shape index (κ3) is 4.23. The molecule has 158 valence electrons. The zero-order chi connectivity index (χ0) is 21.1. The van der Waals surface area contributed by atoms with Crippen LogP contribution in [0.4, 0.5) is 5.69 Å². The molecule has 1 fully saturated rings. The van der Waals surface area contributed by atoms with Gasteiger partial charge < -0.3 is 5.32 Å². The van der Waals surface area contributed by atoms with Gasteiger partial charge in [-0.2, -0.15) is 0 Å². The summed E-state index contributed by atoms with van der Waals surface area (Å²) in [6.07, 6.45) is 5.68. The molecule has 5 nitrogen and oxygen atoms in total. The summed E-state index contributed by atoms with van der Waals surface area (Å²) in [7, 11) is -3.64. The highest BCUT2D eigenvalue weighted by molar-refractivity contribution is 7.92. The van der Waals surface area contributed by atoms with Crippen LogP contribution in [0.2, 0.25) is 0 Å². The zero-order valence-electron chi connectivity index (χ0n) is 17.0. The number of hydrogen-bond donors (Lipinski definition) is 1. The lowest BCUT2D eigenvalue weighted by Gasteiger charge is -2.23. The fourth-order valence-corrected chi connectivity index (χ4v) is 6.45. The number of carbonyl (C=O) groups excluding carboxylic acids is 1. The van der Waals surface area contributed by atoms with Gasteiger partial charge in [0.05, 0.1) is 15.5 Å². The zero-order valence-corrected chi connectivity index (χ0v) is 18.6. The lowest BCUT2D eigenvalue weighted by atomic mass is 9.95. The van der Waals surface area contributed by atoms with Crippen LogP contribution in [-0.4, -0.2) is 26.9 Å². The Morgan fingerprint density at radius 3 is 2.50 bits per heavy atom. The van der Waals surface area contributed by atoms with Crippen LogP contribution in [0.5, 0.6) is 0 Å². The Morgan fingerprint density at radius 1 is 1.07 bits per heavy atom. The minimum atomic E-state index is -3.64. The van der Waals surface area contributed by atoms with Crippen molar-refractivity contribution in [3.8, 4) is 0 Å². The van der Waals surface area contributed by atoms with E-state index in [4.69, 9.17) is 0 Å². The van der Waals surface area contributed by atoms with Crippen molar-refractivity contribution in [2.24, 2.45) is 0 Å². The maximum absolute atomic E-state index is 13.1. The molecule has 1 N–H and O–H groups in total. The molecule has 7 heteroatoms. The number of hydrogen-bond acceptors (Lipinski definition) is 4. The fraction of sp³-hybridized carbons (Fsp3) is 0.348. The number of anilines is 1. The van der Waals surface area contributed by atoms with E-state index in [1.165, 1.54) is 34.9 Å². The number of nitrogens with zero attached hydrogens (tertiary/aromatic N) is 1. The standard InChI is InChI=1S/C23H26N2O3S2/c1-2-25(30(27,28)20-11-7-4-8-12-20)19-13-14-21-17(15-19)16-22(29-21)23(26)24-18-9-5-3-6-10-18/h4,7-8,11-16,18H,2-3,5-6,9-10H2,1H3,(H,24,26). The summed E-state index contributed by atoms with van der Waals surface area (Å²) in [5.41, 5.74) is 0.603. The first-order valence-electron chi connectivity index (χ1n) is 10.4. The van der Waals surface area contributed by atoms with E-state index in [1.54, 1.807) is 30.3 Å². The van der Waals surface area contributed by atoms with Crippen molar-refractivity contribution in [2.45, 2.75) is 50.0 Å². The summed E-state index contributed by atoms with van der Waals surface area (Å²) in [4.78, 5) is 13.6. The quantitative estimate of drug-likeness (QED) is 0.572. The number of sulfonamides is 1. The molecule has 0 unspecified atom stereocenters. The molecule has 1 aliphatic carbocycles. The van der Waals surface area contributed by atoms with Crippen LogP contribution in [0.1, 0.15) is 48.7 Å². The Balaban J connectivity index is 1.60. The molecule has 0 radical (unpaired) electrons. The second-order valence-electron chi connectivity index (χ2n) is 7.62. The smallest absolute Gasteiger partial charge is 0.264 e. The monoisotopic (exact) mass is 442 g/mol. The third-order valence-electron chi connectivity index (χ3n) is 5.57. The maximum atomic E-state index is 13.1. The molecule has 0 aliphatic heterocycles. The summed E-state index contributed by atoms with van der Waals surface area (Å²) in [6, 6.07) is 16.1. The Bertz CT molecular complexity index is 1130. The van der Waals surface area contributed by atoms with Gasteiger partial charge in [-0.3, -0.25) is 9.10 Å². The Kier molecular flexibility index (Phi) is 6.11. The highest BCUT2D eigenvalue weighted by atomic mass is 32.2. The van der Waals surface area contributed by atoms with Crippen molar-refractivity contribution >= 4 is 43.0 Å². The Hall–Kier alpha value is -2.38. The first-order valence-corrected chi connectivity index (χ1v) is 12.7. The van der Waals surface area contributed by atoms with Crippen LogP contribution in [0.25, 0.3) is 10.1 Å². The molecule has 4 rings (SSSR count). The van der Waals surface area contributed by atoms with Crippen LogP contribution >= 0.6 is 11.3 Å². The number of thiophene rings is 1. The van der Waals surface area contributed by atoms with E-state index in [0.29, 0.717) is 17.1 Å². The van der Waals surface area contributed by atoms with Crippen LogP contribution in [0, 0.1) is 0 Å². The number of nitrogens with one attached hydrogen (secondary N) is 1. The van der Waals surface area contributed by atoms with E-state index in [0.717, 1.165) is 22.9 Å². The number of rotatable bonds is 6. The Labute approximate surface area is 181 Å². The van der Waals surface area contributed by atoms with Gasteiger partial charge in [0, 0.05) is 17.3 Å². The molecular weight excluding hydrogens is 416 g/mol. The van der Waals surface area contributed by atoms with Crippen LogP contribution in [0.15, 0.2) is 59.5 Å². The van der Waals surface area contributed by atoms with Gasteiger partial charge in [-0.1, -0.05) is 37.5 Å². The first-order chi connectivity index (χ1) is 14.5. The van der Waals surface area contributed by atoms with Gasteiger partial charge in [-0.25, -0.2) is 8.42 Å². The highest BCUT2D eigenvalue weighted by Gasteiger charge is 2.24. The number of benzene rings is 2. The summed E-state index contributed by atoms with van der Waals surface area (Å²) in [5.74, 6) is -0.0334. The summed E-state index contributed by atoms with van der Waals surface area (Å²) < 4.78 is 28.6. The maximum Gasteiger partial charge on any atom is 0.264 e. The molecule has 3 aromatic rings. The second kappa shape index (κ2) is 8.78. The van der Waals surface area contributed by atoms with E-state index in [1.807, 2.05) is 31.2 Å². The molecule has 0 atom stereocenters. The largest absolute Gasteiger partial charge is 0.349 e. The lowest BCUT2D eigenvalue weighted by Crippen LogP contribution is -2.35. The minimum Gasteiger partial charge on any atom is -0.349 e. The number of amides is 1. The van der Waals surface area contributed by atoms with Gasteiger partial charge in [0.25, 0.3) is 15.9 Å². The first kappa shape index (κ1) is 20.9. The van der Waals surface area contributed by atoms with Crippen LogP contribution in [0.3, 0.4) is 0 Å². The van der Waals surface area contributed by atoms with Gasteiger partial charge in [-0.05, 0) is 61.5 Å². The minimum absolute atomic E-state index is 0.0334. The SMILES string of the molecule is CCN(c1ccc2sc(C(=O)NC3CCCCC3)cc2c1)S(=O)(=O)c1ccccc1. The topological polar surface area (TPSA) is 66.5 Å².